The van der Waals surface area contributed by atoms with Crippen molar-refractivity contribution in [3.8, 4) is 0 Å². The highest BCUT2D eigenvalue weighted by molar-refractivity contribution is 6.37. The Morgan fingerprint density at radius 1 is 0.862 bits per heavy atom. The van der Waals surface area contributed by atoms with Gasteiger partial charge in [0.25, 0.3) is 0 Å². The Labute approximate surface area is 170 Å². The molecule has 0 atom stereocenters. The van der Waals surface area contributed by atoms with Gasteiger partial charge in [0.1, 0.15) is 11.4 Å². The Morgan fingerprint density at radius 2 is 1.38 bits per heavy atom. The summed E-state index contributed by atoms with van der Waals surface area (Å²) >= 11 is 6.42. The van der Waals surface area contributed by atoms with E-state index in [2.05, 4.69) is 5.32 Å². The maximum Gasteiger partial charge on any atom is 0.352 e. The van der Waals surface area contributed by atoms with Gasteiger partial charge in [-0.1, -0.05) is 11.6 Å². The zero-order chi connectivity index (χ0) is 22.6. The van der Waals surface area contributed by atoms with Gasteiger partial charge in [-0.2, -0.15) is 0 Å². The van der Waals surface area contributed by atoms with Crippen molar-refractivity contribution in [1.29, 1.82) is 0 Å². The number of hydrogen-bond donors (Lipinski definition) is 5. The maximum absolute atomic E-state index is 11.5. The molecule has 0 saturated heterocycles. The molecule has 0 aliphatic rings. The largest absolute Gasteiger partial charge is 0.478 e. The van der Waals surface area contributed by atoms with E-state index in [-0.39, 0.29) is 16.4 Å². The van der Waals surface area contributed by atoms with Gasteiger partial charge in [-0.05, 0) is 37.5 Å². The number of benzene rings is 1. The summed E-state index contributed by atoms with van der Waals surface area (Å²) in [5.41, 5.74) is 0.547. The first-order chi connectivity index (χ1) is 13.3. The third-order valence-electron chi connectivity index (χ3n) is 4.22. The van der Waals surface area contributed by atoms with Crippen LogP contribution in [-0.2, 0) is 19.2 Å². The summed E-state index contributed by atoms with van der Waals surface area (Å²) in [6, 6.07) is 0. The first-order valence-electron chi connectivity index (χ1n) is 7.95. The summed E-state index contributed by atoms with van der Waals surface area (Å²) in [4.78, 5) is 45.8. The number of aliphatic carboxylic acids is 4. The molecule has 0 saturated carbocycles. The van der Waals surface area contributed by atoms with E-state index in [9.17, 15) is 29.4 Å². The van der Waals surface area contributed by atoms with Crippen molar-refractivity contribution in [2.45, 2.75) is 20.8 Å². The molecule has 0 radical (unpaired) electrons. The van der Waals surface area contributed by atoms with Gasteiger partial charge in [0.05, 0.1) is 28.5 Å². The van der Waals surface area contributed by atoms with Crippen molar-refractivity contribution in [1.82, 2.24) is 0 Å². The van der Waals surface area contributed by atoms with Crippen LogP contribution in [0.1, 0.15) is 16.7 Å². The normalized spacial score (nSPS) is 11.8. The zero-order valence-electron chi connectivity index (χ0n) is 15.9. The van der Waals surface area contributed by atoms with Crippen molar-refractivity contribution in [3.63, 3.8) is 0 Å². The van der Waals surface area contributed by atoms with Crippen molar-refractivity contribution < 1.29 is 39.6 Å². The minimum Gasteiger partial charge on any atom is -0.478 e. The first-order valence-corrected chi connectivity index (χ1v) is 8.33. The number of carboxylic acid groups (broad SMARTS) is 4. The smallest absolute Gasteiger partial charge is 0.352 e. The molecule has 1 aromatic rings. The molecule has 0 unspecified atom stereocenters. The molecule has 156 valence electrons. The molecule has 0 amide bonds. The van der Waals surface area contributed by atoms with Gasteiger partial charge in [0.15, 0.2) is 0 Å². The number of anilines is 2. The summed E-state index contributed by atoms with van der Waals surface area (Å²) in [6.45, 7) is 4.92. The van der Waals surface area contributed by atoms with Crippen molar-refractivity contribution in [3.05, 3.63) is 45.3 Å². The van der Waals surface area contributed by atoms with E-state index in [1.807, 2.05) is 0 Å². The van der Waals surface area contributed by atoms with E-state index >= 15 is 0 Å². The lowest BCUT2D eigenvalue weighted by molar-refractivity contribution is -0.135. The molecule has 29 heavy (non-hydrogen) atoms. The number of likely N-dealkylation sites (N-methyl/N-ethyl adjacent to an activating group) is 1. The lowest BCUT2D eigenvalue weighted by atomic mass is 9.99. The van der Waals surface area contributed by atoms with E-state index in [4.69, 9.17) is 21.8 Å². The topological polar surface area (TPSA) is 164 Å². The van der Waals surface area contributed by atoms with Crippen LogP contribution < -0.4 is 10.2 Å². The highest BCUT2D eigenvalue weighted by atomic mass is 35.5. The summed E-state index contributed by atoms with van der Waals surface area (Å²) in [7, 11) is 1.29. The van der Waals surface area contributed by atoms with Gasteiger partial charge in [-0.3, -0.25) is 0 Å². The van der Waals surface area contributed by atoms with E-state index in [1.165, 1.54) is 7.05 Å². The minimum absolute atomic E-state index is 0.0478. The number of carbonyl (C=O) groups is 4. The lowest BCUT2D eigenvalue weighted by Gasteiger charge is -2.27. The molecule has 1 aromatic carbocycles. The van der Waals surface area contributed by atoms with Crippen LogP contribution in [0.15, 0.2) is 23.5 Å². The van der Waals surface area contributed by atoms with Crippen molar-refractivity contribution >= 4 is 46.9 Å². The monoisotopic (exact) mass is 426 g/mol. The highest BCUT2D eigenvalue weighted by Crippen LogP contribution is 2.42. The van der Waals surface area contributed by atoms with Crippen LogP contribution in [0, 0.1) is 20.8 Å². The second-order valence-electron chi connectivity index (χ2n) is 5.97. The average Bonchev–Trinajstić information content (AvgIpc) is 2.59. The van der Waals surface area contributed by atoms with E-state index in [0.29, 0.717) is 28.8 Å². The van der Waals surface area contributed by atoms with E-state index in [0.717, 1.165) is 4.90 Å². The molecule has 0 heterocycles. The second kappa shape index (κ2) is 9.11. The quantitative estimate of drug-likeness (QED) is 0.389. The fraction of sp³-hybridized carbons (Fsp3) is 0.222. The molecular formula is C18H19ClN2O8. The van der Waals surface area contributed by atoms with Crippen LogP contribution in [0.4, 0.5) is 11.4 Å². The van der Waals surface area contributed by atoms with Gasteiger partial charge in [-0.25, -0.2) is 19.2 Å². The molecule has 0 fully saturated rings. The van der Waals surface area contributed by atoms with Crippen LogP contribution in [0.25, 0.3) is 0 Å². The Morgan fingerprint density at radius 3 is 1.79 bits per heavy atom. The maximum atomic E-state index is 11.5. The van der Waals surface area contributed by atoms with Gasteiger partial charge in [0, 0.05) is 7.05 Å². The number of hydrogen-bond acceptors (Lipinski definition) is 6. The SMILES string of the molecule is Cc1c(C)c(N/C(=C\C(=O)O)C(=O)O)c(Cl)c(N(C)/C(=C\C(=O)O)C(=O)O)c1C. The van der Waals surface area contributed by atoms with E-state index in [1.54, 1.807) is 20.8 Å². The predicted octanol–water partition coefficient (Wildman–Crippen LogP) is 2.22. The Balaban J connectivity index is 3.77. The lowest BCUT2D eigenvalue weighted by Crippen LogP contribution is -2.26. The highest BCUT2D eigenvalue weighted by Gasteiger charge is 2.25. The second-order valence-corrected chi connectivity index (χ2v) is 6.35. The minimum atomic E-state index is -1.55. The summed E-state index contributed by atoms with van der Waals surface area (Å²) < 4.78 is 0. The zero-order valence-corrected chi connectivity index (χ0v) is 16.7. The molecular weight excluding hydrogens is 408 g/mol. The van der Waals surface area contributed by atoms with Gasteiger partial charge in [0.2, 0.25) is 0 Å². The van der Waals surface area contributed by atoms with Crippen molar-refractivity contribution in [2.24, 2.45) is 0 Å². The molecule has 1 rings (SSSR count). The fourth-order valence-electron chi connectivity index (χ4n) is 2.59. The molecule has 0 aliphatic heterocycles. The summed E-state index contributed by atoms with van der Waals surface area (Å²) in [6.07, 6.45) is 0.942. The Hall–Kier alpha value is -3.53. The number of carboxylic acids is 4. The van der Waals surface area contributed by atoms with Crippen LogP contribution >= 0.6 is 11.6 Å². The average molecular weight is 427 g/mol. The molecule has 0 spiro atoms. The van der Waals surface area contributed by atoms with Gasteiger partial charge in [-0.15, -0.1) is 0 Å². The van der Waals surface area contributed by atoms with Crippen LogP contribution in [0.5, 0.6) is 0 Å². The fourth-order valence-corrected chi connectivity index (χ4v) is 3.05. The van der Waals surface area contributed by atoms with E-state index < -0.39 is 35.3 Å². The summed E-state index contributed by atoms with van der Waals surface area (Å²) in [5.74, 6) is -6.05. The number of halogens is 1. The van der Waals surface area contributed by atoms with Crippen LogP contribution in [0.2, 0.25) is 5.02 Å². The Bertz CT molecular complexity index is 965. The predicted molar refractivity (Wildman–Crippen MR) is 104 cm³/mol. The molecule has 10 nitrogen and oxygen atoms in total. The number of rotatable bonds is 8. The third kappa shape index (κ3) is 5.26. The van der Waals surface area contributed by atoms with Crippen LogP contribution in [-0.4, -0.2) is 51.4 Å². The van der Waals surface area contributed by atoms with Crippen molar-refractivity contribution in [2.75, 3.05) is 17.3 Å². The number of nitrogens with zero attached hydrogens (tertiary/aromatic N) is 1. The third-order valence-corrected chi connectivity index (χ3v) is 4.58. The molecule has 5 N–H and O–H groups in total. The molecule has 0 aromatic heterocycles. The molecule has 11 heteroatoms. The summed E-state index contributed by atoms with van der Waals surface area (Å²) in [5, 5.41) is 38.7. The number of nitrogens with one attached hydrogen (secondary N) is 1. The molecule has 0 aliphatic carbocycles. The van der Waals surface area contributed by atoms with Gasteiger partial charge < -0.3 is 30.6 Å². The first kappa shape index (κ1) is 23.5. The van der Waals surface area contributed by atoms with Crippen LogP contribution in [0.3, 0.4) is 0 Å². The van der Waals surface area contributed by atoms with Gasteiger partial charge >= 0.3 is 23.9 Å². The Kier molecular flexibility index (Phi) is 7.38. The standard InChI is InChI=1S/C18H19ClN2O8/c1-7-8(2)15(20-10(17(26)27)5-12(22)23)14(19)16(9(7)3)21(4)11(18(28)29)6-13(24)25/h5-6,20H,1-4H3,(H,22,23)(H,24,25)(H,26,27)(H,28,29)/b10-5-,11-6-. The molecule has 0 bridgehead atoms.